The summed E-state index contributed by atoms with van der Waals surface area (Å²) in [5.41, 5.74) is 7.59. The smallest absolute Gasteiger partial charge is 0.411 e. The first-order valence-corrected chi connectivity index (χ1v) is 36.0. The molecular formula is C75H94N16O9. The zero-order valence-corrected chi connectivity index (χ0v) is 58.0. The average Bonchev–Trinajstić information content (AvgIpc) is 1.76. The zero-order valence-electron chi connectivity index (χ0n) is 58.0. The molecule has 25 nitrogen and oxygen atoms in total. The predicted molar refractivity (Wildman–Crippen MR) is 382 cm³/mol. The number of piperazine rings is 2. The minimum Gasteiger partial charge on any atom is -0.411 e. The highest BCUT2D eigenvalue weighted by atomic mass is 16.7. The summed E-state index contributed by atoms with van der Waals surface area (Å²) < 4.78 is 14.2. The molecule has 6 aliphatic rings. The zero-order chi connectivity index (χ0) is 69.1. The predicted octanol–water partition coefficient (Wildman–Crippen LogP) is 6.93. The lowest BCUT2D eigenvalue weighted by Crippen LogP contribution is -2.59. The number of hydrogen-bond donors (Lipinski definition) is 4. The number of urea groups is 2. The Morgan fingerprint density at radius 1 is 0.470 bits per heavy atom. The van der Waals surface area contributed by atoms with Crippen LogP contribution in [0.2, 0.25) is 0 Å². The van der Waals surface area contributed by atoms with Crippen LogP contribution in [-0.4, -0.2) is 242 Å². The number of carbonyl (C=O) groups excluding carboxylic acids is 5. The first kappa shape index (κ1) is 68.0. The van der Waals surface area contributed by atoms with E-state index < -0.39 is 18.2 Å². The van der Waals surface area contributed by atoms with E-state index in [2.05, 4.69) is 54.3 Å². The molecule has 528 valence electrons. The van der Waals surface area contributed by atoms with Gasteiger partial charge >= 0.3 is 18.2 Å². The number of aryl methyl sites for hydroxylation is 2. The van der Waals surface area contributed by atoms with Crippen LogP contribution in [0.25, 0.3) is 43.6 Å². The first-order chi connectivity index (χ1) is 48.5. The number of aromatic nitrogens is 6. The molecule has 0 radical (unpaired) electrons. The molecule has 6 aliphatic heterocycles. The standard InChI is InChI=1S/C75H94N16O9/c1-49-37-51(41-65(71(94)86-33-29-84(30-34-86)59-17-21-82(3)22-18-59)78-73(96)88-25-13-53(14-26-88)61-43-55-9-5-7-11-63(55)76-69(61)92)39-57-45-90(80-67(49)57)47-99-75(98)100-48-91-46-58-40-52(38-50(2)68(58)81-91)42-66(72(95)87-35-31-85(32-36-87)60-19-23-83(4)24-20-60)79-74(97)89-27-15-54(16-28-89)62-44-56-10-6-8-12-64(56)77-70(62)93/h5-12,37-40,43-46,53-54,59-60,65-66H,13-36,41-42,47-48H2,1-4H3,(H,76,92)(H,77,93)(H,78,96)(H,79,97). The van der Waals surface area contributed by atoms with Gasteiger partial charge in [0.1, 0.15) is 12.1 Å². The molecule has 2 atom stereocenters. The van der Waals surface area contributed by atoms with E-state index in [0.29, 0.717) is 101 Å². The van der Waals surface area contributed by atoms with Gasteiger partial charge in [-0.1, -0.05) is 48.5 Å². The molecule has 0 bridgehead atoms. The van der Waals surface area contributed by atoms with Crippen LogP contribution in [-0.2, 0) is 45.4 Å². The Labute approximate surface area is 581 Å². The lowest BCUT2D eigenvalue weighted by Gasteiger charge is -2.43. The van der Waals surface area contributed by atoms with Gasteiger partial charge in [-0.3, -0.25) is 29.0 Å². The number of nitrogens with one attached hydrogen (secondary N) is 4. The Kier molecular flexibility index (Phi) is 20.4. The molecular weight excluding hydrogens is 1270 g/mol. The van der Waals surface area contributed by atoms with Gasteiger partial charge in [0.25, 0.3) is 11.1 Å². The van der Waals surface area contributed by atoms with Crippen molar-refractivity contribution >= 4 is 73.6 Å². The number of H-pyrrole nitrogens is 2. The van der Waals surface area contributed by atoms with Crippen molar-refractivity contribution in [1.29, 1.82) is 0 Å². The van der Waals surface area contributed by atoms with E-state index in [-0.39, 0.29) is 73.1 Å². The molecule has 25 heteroatoms. The van der Waals surface area contributed by atoms with E-state index in [1.807, 2.05) is 109 Å². The molecule has 4 N–H and O–H groups in total. The molecule has 10 heterocycles. The molecule has 2 unspecified atom stereocenters. The maximum atomic E-state index is 14.7. The Morgan fingerprint density at radius 2 is 0.850 bits per heavy atom. The van der Waals surface area contributed by atoms with Crippen molar-refractivity contribution in [3.63, 3.8) is 0 Å². The maximum Gasteiger partial charge on any atom is 0.511 e. The number of nitrogens with zero attached hydrogens (tertiary/aromatic N) is 12. The first-order valence-electron chi connectivity index (χ1n) is 36.0. The molecule has 6 amide bonds. The summed E-state index contributed by atoms with van der Waals surface area (Å²) in [7, 11) is 4.33. The molecule has 4 aromatic heterocycles. The molecule has 0 saturated carbocycles. The number of benzene rings is 4. The van der Waals surface area contributed by atoms with Crippen molar-refractivity contribution in [3.8, 4) is 0 Å². The third kappa shape index (κ3) is 15.4. The Bertz CT molecular complexity index is 4140. The molecule has 6 fully saturated rings. The van der Waals surface area contributed by atoms with Crippen LogP contribution in [0.3, 0.4) is 0 Å². The van der Waals surface area contributed by atoms with E-state index in [0.717, 1.165) is 144 Å². The maximum absolute atomic E-state index is 14.7. The van der Waals surface area contributed by atoms with Crippen molar-refractivity contribution in [3.05, 3.63) is 151 Å². The summed E-state index contributed by atoms with van der Waals surface area (Å²) in [6.07, 6.45) is 10.0. The van der Waals surface area contributed by atoms with Crippen LogP contribution in [0.15, 0.2) is 107 Å². The lowest BCUT2D eigenvalue weighted by atomic mass is 9.89. The number of para-hydroxylation sites is 2. The van der Waals surface area contributed by atoms with Crippen LogP contribution in [0, 0.1) is 13.8 Å². The summed E-state index contributed by atoms with van der Waals surface area (Å²) in [6.45, 7) is 14.8. The van der Waals surface area contributed by atoms with E-state index in [1.54, 1.807) is 22.2 Å². The van der Waals surface area contributed by atoms with Crippen LogP contribution in [0.5, 0.6) is 0 Å². The van der Waals surface area contributed by atoms with Gasteiger partial charge in [-0.05, 0) is 187 Å². The quantitative estimate of drug-likeness (QED) is 0.0716. The van der Waals surface area contributed by atoms with Gasteiger partial charge in [-0.15, -0.1) is 0 Å². The van der Waals surface area contributed by atoms with E-state index in [9.17, 15) is 33.6 Å². The minimum absolute atomic E-state index is 0.00541. The highest BCUT2D eigenvalue weighted by molar-refractivity contribution is 5.90. The van der Waals surface area contributed by atoms with E-state index in [1.165, 1.54) is 9.36 Å². The van der Waals surface area contributed by atoms with Gasteiger partial charge in [0, 0.05) is 149 Å². The minimum atomic E-state index is -0.930. The Morgan fingerprint density at radius 3 is 1.24 bits per heavy atom. The van der Waals surface area contributed by atoms with Crippen molar-refractivity contribution in [2.24, 2.45) is 0 Å². The number of hydrogen-bond acceptors (Lipinski definition) is 15. The second-order valence-corrected chi connectivity index (χ2v) is 28.8. The fraction of sp³-hybridized carbons (Fsp3) is 0.507. The number of amides is 6. The number of ether oxygens (including phenoxy) is 2. The second kappa shape index (κ2) is 30.0. The summed E-state index contributed by atoms with van der Waals surface area (Å²) in [5, 5.41) is 19.3. The molecule has 0 aliphatic carbocycles. The highest BCUT2D eigenvalue weighted by Gasteiger charge is 2.37. The fourth-order valence-corrected chi connectivity index (χ4v) is 16.4. The molecule has 100 heavy (non-hydrogen) atoms. The van der Waals surface area contributed by atoms with Gasteiger partial charge in [-0.2, -0.15) is 10.2 Å². The van der Waals surface area contributed by atoms with E-state index >= 15 is 0 Å². The summed E-state index contributed by atoms with van der Waals surface area (Å²) in [5.74, 6) is -0.257. The van der Waals surface area contributed by atoms with Crippen molar-refractivity contribution in [1.82, 2.24) is 79.4 Å². The summed E-state index contributed by atoms with van der Waals surface area (Å²) in [6, 6.07) is 26.0. The van der Waals surface area contributed by atoms with Gasteiger partial charge in [0.15, 0.2) is 13.5 Å². The second-order valence-electron chi connectivity index (χ2n) is 28.8. The third-order valence-corrected chi connectivity index (χ3v) is 22.2. The van der Waals surface area contributed by atoms with Gasteiger partial charge in [0.05, 0.1) is 11.0 Å². The molecule has 14 rings (SSSR count). The Hall–Kier alpha value is -9.17. The van der Waals surface area contributed by atoms with Crippen LogP contribution in [0.4, 0.5) is 14.4 Å². The number of rotatable bonds is 16. The molecule has 0 spiro atoms. The van der Waals surface area contributed by atoms with Crippen LogP contribution < -0.4 is 21.8 Å². The summed E-state index contributed by atoms with van der Waals surface area (Å²) in [4.78, 5) is 121. The van der Waals surface area contributed by atoms with Crippen molar-refractivity contribution in [2.75, 3.05) is 119 Å². The number of piperidine rings is 4. The number of fused-ring (bicyclic) bond motifs is 4. The van der Waals surface area contributed by atoms with Crippen LogP contribution >= 0.6 is 0 Å². The topological polar surface area (TPSA) is 255 Å². The van der Waals surface area contributed by atoms with Crippen LogP contribution in [0.1, 0.15) is 96.6 Å². The van der Waals surface area contributed by atoms with E-state index in [4.69, 9.17) is 19.7 Å². The molecule has 8 aromatic rings. The highest BCUT2D eigenvalue weighted by Crippen LogP contribution is 2.31. The molecule has 4 aromatic carbocycles. The lowest BCUT2D eigenvalue weighted by molar-refractivity contribution is -0.136. The average molecular weight is 1360 g/mol. The SMILES string of the molecule is Cc1cc(CC(NC(=O)N2CCC(c3cc4ccccc4[nH]c3=O)CC2)C(=O)N2CCN(C3CCN(C)CC3)CC2)cc2cn(COC(=O)OCn3cc4cc(CC(NC(=O)N5CCC(c6cc7ccccc7[nH]c6=O)CC5)C(=O)N5CCN(C6CCN(C)CC6)CC5)cc(C)c4n3)nc12. The third-order valence-electron chi connectivity index (χ3n) is 22.2. The fourth-order valence-electron chi connectivity index (χ4n) is 16.4. The number of carbonyl (C=O) groups is 5. The normalized spacial score (nSPS) is 19.4. The largest absolute Gasteiger partial charge is 0.511 e. The van der Waals surface area contributed by atoms with Crippen molar-refractivity contribution < 1.29 is 33.4 Å². The van der Waals surface area contributed by atoms with Gasteiger partial charge in [-0.25, -0.2) is 23.7 Å². The van der Waals surface area contributed by atoms with Gasteiger partial charge < -0.3 is 59.5 Å². The summed E-state index contributed by atoms with van der Waals surface area (Å²) >= 11 is 0. The number of aromatic amines is 2. The van der Waals surface area contributed by atoms with Gasteiger partial charge in [0.2, 0.25) is 11.8 Å². The Balaban J connectivity index is 0.605. The monoisotopic (exact) mass is 1360 g/mol. The number of likely N-dealkylation sites (tertiary alicyclic amines) is 4. The molecule has 6 saturated heterocycles. The number of pyridine rings is 2. The van der Waals surface area contributed by atoms with Crippen molar-refractivity contribution in [2.45, 2.75) is 128 Å².